The molecule has 0 atom stereocenters. The molecule has 0 aliphatic carbocycles. The van der Waals surface area contributed by atoms with Gasteiger partial charge in [0.05, 0.1) is 7.11 Å². The zero-order valence-corrected chi connectivity index (χ0v) is 9.42. The molecule has 0 fully saturated rings. The van der Waals surface area contributed by atoms with Crippen molar-refractivity contribution in [3.05, 3.63) is 60.3 Å². The summed E-state index contributed by atoms with van der Waals surface area (Å²) in [6, 6.07) is 8.85. The van der Waals surface area contributed by atoms with E-state index >= 15 is 0 Å². The summed E-state index contributed by atoms with van der Waals surface area (Å²) in [5, 5.41) is 2.57. The molecular formula is C13H13NO3. The molecule has 0 aliphatic rings. The van der Waals surface area contributed by atoms with Gasteiger partial charge < -0.3 is 10.1 Å². The minimum absolute atomic E-state index is 0.201. The van der Waals surface area contributed by atoms with E-state index in [2.05, 4.69) is 10.1 Å². The van der Waals surface area contributed by atoms with Crippen LogP contribution in [0.15, 0.2) is 54.8 Å². The molecule has 0 unspecified atom stereocenters. The fraction of sp³-hybridized carbons (Fsp3) is 0.0769. The van der Waals surface area contributed by atoms with Crippen LogP contribution < -0.4 is 5.32 Å². The zero-order chi connectivity index (χ0) is 12.5. The number of hydrogen-bond acceptors (Lipinski definition) is 3. The number of ether oxygens (including phenoxy) is 1. The highest BCUT2D eigenvalue weighted by molar-refractivity contribution is 5.94. The lowest BCUT2D eigenvalue weighted by molar-refractivity contribution is -0.134. The van der Waals surface area contributed by atoms with Crippen LogP contribution in [-0.4, -0.2) is 19.0 Å². The van der Waals surface area contributed by atoms with Crippen molar-refractivity contribution in [1.29, 1.82) is 0 Å². The van der Waals surface area contributed by atoms with Crippen LogP contribution in [0.25, 0.3) is 0 Å². The summed E-state index contributed by atoms with van der Waals surface area (Å²) in [5.74, 6) is -0.641. The summed E-state index contributed by atoms with van der Waals surface area (Å²) >= 11 is 0. The molecule has 0 spiro atoms. The molecule has 1 aromatic carbocycles. The van der Waals surface area contributed by atoms with E-state index < -0.39 is 5.97 Å². The van der Waals surface area contributed by atoms with Gasteiger partial charge >= 0.3 is 5.97 Å². The molecule has 0 radical (unpaired) electrons. The SMILES string of the molecule is COC(=O)/C=C/C=C/NC(=O)c1ccccc1. The summed E-state index contributed by atoms with van der Waals surface area (Å²) < 4.78 is 4.40. The lowest BCUT2D eigenvalue weighted by Crippen LogP contribution is -2.16. The van der Waals surface area contributed by atoms with Crippen LogP contribution in [0.3, 0.4) is 0 Å². The molecule has 1 amide bonds. The van der Waals surface area contributed by atoms with Gasteiger partial charge in [0, 0.05) is 17.8 Å². The number of amides is 1. The number of rotatable bonds is 4. The second-order valence-electron chi connectivity index (χ2n) is 3.08. The summed E-state index contributed by atoms with van der Waals surface area (Å²) in [7, 11) is 1.30. The molecule has 1 N–H and O–H groups in total. The quantitative estimate of drug-likeness (QED) is 0.487. The maximum absolute atomic E-state index is 11.5. The van der Waals surface area contributed by atoms with Crippen LogP contribution in [0, 0.1) is 0 Å². The monoisotopic (exact) mass is 231 g/mol. The third-order valence-electron chi connectivity index (χ3n) is 1.89. The smallest absolute Gasteiger partial charge is 0.330 e. The van der Waals surface area contributed by atoms with E-state index in [4.69, 9.17) is 0 Å². The zero-order valence-electron chi connectivity index (χ0n) is 9.42. The number of benzene rings is 1. The third kappa shape index (κ3) is 4.79. The van der Waals surface area contributed by atoms with Crippen molar-refractivity contribution < 1.29 is 14.3 Å². The number of carbonyl (C=O) groups is 2. The van der Waals surface area contributed by atoms with Crippen molar-refractivity contribution >= 4 is 11.9 Å². The Morgan fingerprint density at radius 1 is 1.18 bits per heavy atom. The van der Waals surface area contributed by atoms with Gasteiger partial charge in [-0.05, 0) is 18.2 Å². The second kappa shape index (κ2) is 7.00. The number of allylic oxidation sites excluding steroid dienone is 2. The molecule has 0 bridgehead atoms. The fourth-order valence-corrected chi connectivity index (χ4v) is 1.05. The highest BCUT2D eigenvalue weighted by atomic mass is 16.5. The van der Waals surface area contributed by atoms with E-state index in [0.717, 1.165) is 0 Å². The van der Waals surface area contributed by atoms with E-state index in [0.29, 0.717) is 5.56 Å². The third-order valence-corrected chi connectivity index (χ3v) is 1.89. The first-order valence-corrected chi connectivity index (χ1v) is 5.01. The Bertz CT molecular complexity index is 435. The Hall–Kier alpha value is -2.36. The molecule has 4 nitrogen and oxygen atoms in total. The molecule has 0 aromatic heterocycles. The maximum atomic E-state index is 11.5. The topological polar surface area (TPSA) is 55.4 Å². The van der Waals surface area contributed by atoms with Crippen LogP contribution in [-0.2, 0) is 9.53 Å². The lowest BCUT2D eigenvalue weighted by atomic mass is 10.2. The molecule has 0 heterocycles. The predicted molar refractivity (Wildman–Crippen MR) is 64.2 cm³/mol. The van der Waals surface area contributed by atoms with Crippen molar-refractivity contribution in [1.82, 2.24) is 5.32 Å². The standard InChI is InChI=1S/C13H13NO3/c1-17-12(15)9-5-6-10-14-13(16)11-7-3-2-4-8-11/h2-10H,1H3,(H,14,16)/b9-5+,10-6+. The first-order valence-electron chi connectivity index (χ1n) is 5.01. The molecule has 1 aromatic rings. The number of carbonyl (C=O) groups excluding carboxylic acids is 2. The van der Waals surface area contributed by atoms with Gasteiger partial charge in [-0.2, -0.15) is 0 Å². The van der Waals surface area contributed by atoms with E-state index in [1.54, 1.807) is 24.3 Å². The van der Waals surface area contributed by atoms with Gasteiger partial charge in [0.25, 0.3) is 5.91 Å². The average Bonchev–Trinajstić information content (AvgIpc) is 2.38. The van der Waals surface area contributed by atoms with Crippen molar-refractivity contribution in [2.75, 3.05) is 7.11 Å². The summed E-state index contributed by atoms with van der Waals surface area (Å²) in [5.41, 5.74) is 0.578. The van der Waals surface area contributed by atoms with Crippen LogP contribution >= 0.6 is 0 Å². The average molecular weight is 231 g/mol. The normalized spacial score (nSPS) is 10.6. The highest BCUT2D eigenvalue weighted by Crippen LogP contribution is 1.97. The molecule has 0 saturated heterocycles. The Morgan fingerprint density at radius 3 is 2.53 bits per heavy atom. The highest BCUT2D eigenvalue weighted by Gasteiger charge is 1.99. The Labute approximate surface area is 99.6 Å². The number of nitrogens with one attached hydrogen (secondary N) is 1. The Morgan fingerprint density at radius 2 is 1.88 bits per heavy atom. The lowest BCUT2D eigenvalue weighted by Gasteiger charge is -1.98. The van der Waals surface area contributed by atoms with Crippen molar-refractivity contribution in [3.8, 4) is 0 Å². The number of esters is 1. The van der Waals surface area contributed by atoms with E-state index in [1.807, 2.05) is 6.07 Å². The molecule has 1 rings (SSSR count). The molecule has 0 aliphatic heterocycles. The predicted octanol–water partition coefficient (Wildman–Crippen LogP) is 1.66. The van der Waals surface area contributed by atoms with Gasteiger partial charge in [0.2, 0.25) is 0 Å². The van der Waals surface area contributed by atoms with Gasteiger partial charge in [0.15, 0.2) is 0 Å². The summed E-state index contributed by atoms with van der Waals surface area (Å²) in [6.45, 7) is 0. The summed E-state index contributed by atoms with van der Waals surface area (Å²) in [6.07, 6.45) is 5.73. The molecule has 4 heteroatoms. The number of hydrogen-bond donors (Lipinski definition) is 1. The maximum Gasteiger partial charge on any atom is 0.330 e. The van der Waals surface area contributed by atoms with Crippen molar-refractivity contribution in [2.45, 2.75) is 0 Å². The first-order chi connectivity index (χ1) is 8.24. The fourth-order valence-electron chi connectivity index (χ4n) is 1.05. The molecule has 0 saturated carbocycles. The van der Waals surface area contributed by atoms with Crippen molar-refractivity contribution in [3.63, 3.8) is 0 Å². The first kappa shape index (κ1) is 12.7. The van der Waals surface area contributed by atoms with Crippen LogP contribution in [0.4, 0.5) is 0 Å². The van der Waals surface area contributed by atoms with E-state index in [-0.39, 0.29) is 5.91 Å². The number of methoxy groups -OCH3 is 1. The Balaban J connectivity index is 2.41. The molecule has 17 heavy (non-hydrogen) atoms. The minimum Gasteiger partial charge on any atom is -0.466 e. The van der Waals surface area contributed by atoms with E-state index in [9.17, 15) is 9.59 Å². The summed E-state index contributed by atoms with van der Waals surface area (Å²) in [4.78, 5) is 22.2. The minimum atomic E-state index is -0.441. The van der Waals surface area contributed by atoms with Crippen LogP contribution in [0.5, 0.6) is 0 Å². The van der Waals surface area contributed by atoms with Gasteiger partial charge in [-0.25, -0.2) is 4.79 Å². The van der Waals surface area contributed by atoms with E-state index in [1.165, 1.54) is 31.5 Å². The van der Waals surface area contributed by atoms with Gasteiger partial charge in [0.1, 0.15) is 0 Å². The second-order valence-corrected chi connectivity index (χ2v) is 3.08. The van der Waals surface area contributed by atoms with Crippen molar-refractivity contribution in [2.24, 2.45) is 0 Å². The van der Waals surface area contributed by atoms with Crippen LogP contribution in [0.2, 0.25) is 0 Å². The largest absolute Gasteiger partial charge is 0.466 e. The van der Waals surface area contributed by atoms with Crippen LogP contribution in [0.1, 0.15) is 10.4 Å². The molecule has 88 valence electrons. The van der Waals surface area contributed by atoms with Gasteiger partial charge in [-0.15, -0.1) is 0 Å². The molecular weight excluding hydrogens is 218 g/mol. The van der Waals surface area contributed by atoms with Gasteiger partial charge in [-0.1, -0.05) is 24.3 Å². The Kier molecular flexibility index (Phi) is 5.24. The van der Waals surface area contributed by atoms with Gasteiger partial charge in [-0.3, -0.25) is 4.79 Å².